The van der Waals surface area contributed by atoms with Crippen LogP contribution in [0.3, 0.4) is 0 Å². The summed E-state index contributed by atoms with van der Waals surface area (Å²) in [6.07, 6.45) is 2.88. The molecule has 0 saturated heterocycles. The number of rotatable bonds is 4. The number of carbonyl (C=O) groups is 2. The highest BCUT2D eigenvalue weighted by Crippen LogP contribution is 2.30. The number of aromatic carboxylic acids is 1. The van der Waals surface area contributed by atoms with E-state index in [2.05, 4.69) is 37.5 Å². The third-order valence-corrected chi connectivity index (χ3v) is 6.08. The molecule has 0 aliphatic rings. The van der Waals surface area contributed by atoms with Crippen LogP contribution in [0.4, 0.5) is 5.69 Å². The number of halogens is 2. The minimum absolute atomic E-state index is 0.0443. The van der Waals surface area contributed by atoms with Crippen molar-refractivity contribution >= 4 is 74.4 Å². The Morgan fingerprint density at radius 3 is 2.64 bits per heavy atom. The highest BCUT2D eigenvalue weighted by atomic mass is 127. The Hall–Kier alpha value is -2.50. The second kappa shape index (κ2) is 7.49. The zero-order valence-corrected chi connectivity index (χ0v) is 17.6. The van der Waals surface area contributed by atoms with E-state index in [0.717, 1.165) is 7.99 Å². The van der Waals surface area contributed by atoms with Crippen molar-refractivity contribution in [3.8, 4) is 10.6 Å². The number of H-pyrrole nitrogens is 1. The molecule has 140 valence electrons. The summed E-state index contributed by atoms with van der Waals surface area (Å²) in [7, 11) is 0. The first-order valence-electron chi connectivity index (χ1n) is 7.87. The number of carbonyl (C=O) groups excluding carboxylic acids is 1. The van der Waals surface area contributed by atoms with Gasteiger partial charge in [0.25, 0.3) is 5.91 Å². The summed E-state index contributed by atoms with van der Waals surface area (Å²) in [5, 5.41) is 9.25. The molecule has 0 aliphatic carbocycles. The van der Waals surface area contributed by atoms with Gasteiger partial charge in [-0.05, 0) is 59.0 Å². The zero-order valence-electron chi connectivity index (χ0n) is 13.9. The number of thiophene rings is 1. The summed E-state index contributed by atoms with van der Waals surface area (Å²) < 4.78 is 2.10. The molecule has 4 aromatic rings. The average molecular weight is 525 g/mol. The van der Waals surface area contributed by atoms with Gasteiger partial charge in [0.2, 0.25) is 0 Å². The summed E-state index contributed by atoms with van der Waals surface area (Å²) >= 11 is 9.59. The molecule has 28 heavy (non-hydrogen) atoms. The lowest BCUT2D eigenvalue weighted by molar-refractivity contribution is 0.0698. The molecule has 0 fully saturated rings. The van der Waals surface area contributed by atoms with Crippen LogP contribution in [-0.4, -0.2) is 31.9 Å². The van der Waals surface area contributed by atoms with Crippen molar-refractivity contribution in [1.82, 2.24) is 15.0 Å². The Bertz CT molecular complexity index is 1210. The fourth-order valence-electron chi connectivity index (χ4n) is 2.55. The maximum absolute atomic E-state index is 12.7. The number of benzene rings is 1. The van der Waals surface area contributed by atoms with E-state index >= 15 is 0 Å². The van der Waals surface area contributed by atoms with Crippen molar-refractivity contribution in [3.63, 3.8) is 0 Å². The average Bonchev–Trinajstić information content (AvgIpc) is 3.34. The second-order valence-corrected chi connectivity index (χ2v) is 8.35. The fraction of sp³-hybridized carbons (Fsp3) is 0. The van der Waals surface area contributed by atoms with Crippen molar-refractivity contribution in [1.29, 1.82) is 0 Å². The first-order chi connectivity index (χ1) is 13.4. The van der Waals surface area contributed by atoms with Crippen LogP contribution < -0.4 is 4.42 Å². The minimum Gasteiger partial charge on any atom is -0.478 e. The molecule has 0 saturated carbocycles. The molecule has 0 aliphatic heterocycles. The monoisotopic (exact) mass is 524 g/mol. The lowest BCUT2D eigenvalue weighted by atomic mass is 10.3. The number of carboxylic acid groups (broad SMARTS) is 1. The Labute approximate surface area is 181 Å². The summed E-state index contributed by atoms with van der Waals surface area (Å²) in [4.78, 5) is 36.5. The number of nitrogens with zero attached hydrogens (tertiary/aromatic N) is 3. The summed E-state index contributed by atoms with van der Waals surface area (Å²) in [5.74, 6) is -1.45. The molecule has 1 amide bonds. The molecule has 0 atom stereocenters. The van der Waals surface area contributed by atoms with Gasteiger partial charge in [-0.25, -0.2) is 19.2 Å². The van der Waals surface area contributed by atoms with Crippen LogP contribution in [0.1, 0.15) is 20.0 Å². The van der Waals surface area contributed by atoms with Gasteiger partial charge in [-0.15, -0.1) is 11.3 Å². The van der Waals surface area contributed by atoms with Crippen molar-refractivity contribution in [2.45, 2.75) is 0 Å². The molecule has 3 heterocycles. The van der Waals surface area contributed by atoms with Gasteiger partial charge in [0.05, 0.1) is 27.3 Å². The molecule has 10 heteroatoms. The molecule has 0 unspecified atom stereocenters. The first kappa shape index (κ1) is 18.8. The number of anilines is 1. The third-order valence-electron chi connectivity index (χ3n) is 3.91. The highest BCUT2D eigenvalue weighted by molar-refractivity contribution is 14.1. The molecule has 0 bridgehead atoms. The standard InChI is InChI=1S/C18H10ClIN4O3S/c19-24(10-3-1-9(20)2-4-10)17(25)14-6-5-13(28-14)12-8-22-16-15(23-12)11(7-21-16)18(26)27/h1-8H,(H,21,22)(H,26,27). The van der Waals surface area contributed by atoms with E-state index in [1.54, 1.807) is 24.3 Å². The topological polar surface area (TPSA) is 99.2 Å². The lowest BCUT2D eigenvalue weighted by Gasteiger charge is -2.12. The molecule has 3 aromatic heterocycles. The Morgan fingerprint density at radius 1 is 1.18 bits per heavy atom. The van der Waals surface area contributed by atoms with Crippen LogP contribution in [0.5, 0.6) is 0 Å². The molecular weight excluding hydrogens is 515 g/mol. The van der Waals surface area contributed by atoms with Gasteiger partial charge in [0.1, 0.15) is 11.1 Å². The van der Waals surface area contributed by atoms with Crippen LogP contribution in [0, 0.1) is 3.57 Å². The van der Waals surface area contributed by atoms with E-state index in [0.29, 0.717) is 26.8 Å². The highest BCUT2D eigenvalue weighted by Gasteiger charge is 2.20. The molecule has 4 rings (SSSR count). The Morgan fingerprint density at radius 2 is 1.93 bits per heavy atom. The molecule has 0 spiro atoms. The lowest BCUT2D eigenvalue weighted by Crippen LogP contribution is -2.19. The van der Waals surface area contributed by atoms with Crippen LogP contribution in [0.25, 0.3) is 21.7 Å². The molecule has 7 nitrogen and oxygen atoms in total. The Balaban J connectivity index is 1.64. The SMILES string of the molecule is O=C(O)c1c[nH]c2ncc(-c3ccc(C(=O)N(Cl)c4ccc(I)cc4)s3)nc12. The number of aromatic amines is 1. The molecule has 1 aromatic carbocycles. The van der Waals surface area contributed by atoms with Crippen molar-refractivity contribution in [2.24, 2.45) is 0 Å². The zero-order chi connectivity index (χ0) is 19.8. The van der Waals surface area contributed by atoms with Gasteiger partial charge in [0, 0.05) is 21.5 Å². The fourth-order valence-corrected chi connectivity index (χ4v) is 4.05. The van der Waals surface area contributed by atoms with Gasteiger partial charge < -0.3 is 10.1 Å². The predicted octanol–water partition coefficient (Wildman–Crippen LogP) is 4.79. The van der Waals surface area contributed by atoms with Crippen molar-refractivity contribution in [3.05, 3.63) is 62.8 Å². The number of fused-ring (bicyclic) bond motifs is 1. The van der Waals surface area contributed by atoms with Gasteiger partial charge in [-0.3, -0.25) is 4.79 Å². The van der Waals surface area contributed by atoms with E-state index in [1.807, 2.05) is 12.1 Å². The third kappa shape index (κ3) is 3.48. The maximum Gasteiger partial charge on any atom is 0.339 e. The summed E-state index contributed by atoms with van der Waals surface area (Å²) in [6.45, 7) is 0. The number of aromatic nitrogens is 3. The van der Waals surface area contributed by atoms with E-state index in [1.165, 1.54) is 23.7 Å². The number of nitrogens with one attached hydrogen (secondary N) is 1. The predicted molar refractivity (Wildman–Crippen MR) is 116 cm³/mol. The number of hydrogen-bond donors (Lipinski definition) is 2. The molecule has 0 radical (unpaired) electrons. The van der Waals surface area contributed by atoms with Crippen LogP contribution in [0.15, 0.2) is 48.8 Å². The Kier molecular flexibility index (Phi) is 5.04. The first-order valence-corrected chi connectivity index (χ1v) is 10.1. The van der Waals surface area contributed by atoms with E-state index in [-0.39, 0.29) is 17.0 Å². The normalized spacial score (nSPS) is 10.9. The summed E-state index contributed by atoms with van der Waals surface area (Å²) in [5.41, 5.74) is 1.75. The summed E-state index contributed by atoms with van der Waals surface area (Å²) in [6, 6.07) is 10.6. The van der Waals surface area contributed by atoms with E-state index < -0.39 is 5.97 Å². The van der Waals surface area contributed by atoms with Gasteiger partial charge >= 0.3 is 5.97 Å². The molecular formula is C18H10ClIN4O3S. The van der Waals surface area contributed by atoms with Crippen molar-refractivity contribution < 1.29 is 14.7 Å². The molecule has 2 N–H and O–H groups in total. The largest absolute Gasteiger partial charge is 0.478 e. The van der Waals surface area contributed by atoms with Crippen LogP contribution in [-0.2, 0) is 0 Å². The maximum atomic E-state index is 12.7. The van der Waals surface area contributed by atoms with E-state index in [9.17, 15) is 14.7 Å². The second-order valence-electron chi connectivity index (χ2n) is 5.69. The van der Waals surface area contributed by atoms with Gasteiger partial charge in [-0.1, -0.05) is 0 Å². The number of amides is 1. The van der Waals surface area contributed by atoms with E-state index in [4.69, 9.17) is 11.8 Å². The number of carboxylic acids is 1. The van der Waals surface area contributed by atoms with Gasteiger partial charge in [-0.2, -0.15) is 0 Å². The minimum atomic E-state index is -1.09. The van der Waals surface area contributed by atoms with Crippen LogP contribution in [0.2, 0.25) is 0 Å². The number of hydrogen-bond acceptors (Lipinski definition) is 5. The smallest absolute Gasteiger partial charge is 0.339 e. The van der Waals surface area contributed by atoms with Crippen molar-refractivity contribution in [2.75, 3.05) is 4.42 Å². The van der Waals surface area contributed by atoms with Gasteiger partial charge in [0.15, 0.2) is 5.65 Å². The quantitative estimate of drug-likeness (QED) is 0.295. The van der Waals surface area contributed by atoms with Crippen LogP contribution >= 0.6 is 45.7 Å².